The molecule has 1 amide bonds. The van der Waals surface area contributed by atoms with Gasteiger partial charge in [-0.05, 0) is 50.0 Å². The lowest BCUT2D eigenvalue weighted by Crippen LogP contribution is -2.48. The standard InChI is InChI=1S/C16H23ClN2O/c1-11(12-6-8-13(17)9-7-12)15(16(18)20)14-5-3-4-10-19(14)2/h6-9,11,14-15H,3-5,10H2,1-2H3,(H2,18,20)/t11-,14?,15?/m1/s1. The first-order valence-corrected chi connectivity index (χ1v) is 7.63. The Balaban J connectivity index is 2.23. The lowest BCUT2D eigenvalue weighted by atomic mass is 9.78. The van der Waals surface area contributed by atoms with E-state index in [4.69, 9.17) is 17.3 Å². The number of carbonyl (C=O) groups excluding carboxylic acids is 1. The molecule has 2 N–H and O–H groups in total. The van der Waals surface area contributed by atoms with E-state index in [0.29, 0.717) is 5.02 Å². The second-order valence-corrected chi connectivity index (χ2v) is 6.25. The Morgan fingerprint density at radius 1 is 1.35 bits per heavy atom. The maximum atomic E-state index is 12.0. The predicted octanol–water partition coefficient (Wildman–Crippen LogP) is 3.03. The van der Waals surface area contributed by atoms with Crippen molar-refractivity contribution in [3.63, 3.8) is 0 Å². The molecule has 2 rings (SSSR count). The van der Waals surface area contributed by atoms with Gasteiger partial charge in [0.25, 0.3) is 0 Å². The van der Waals surface area contributed by atoms with Gasteiger partial charge >= 0.3 is 0 Å². The minimum absolute atomic E-state index is 0.107. The summed E-state index contributed by atoms with van der Waals surface area (Å²) in [6, 6.07) is 7.97. The number of piperidine rings is 1. The highest BCUT2D eigenvalue weighted by molar-refractivity contribution is 6.30. The summed E-state index contributed by atoms with van der Waals surface area (Å²) in [6.45, 7) is 3.13. The van der Waals surface area contributed by atoms with Crippen LogP contribution in [0.2, 0.25) is 5.02 Å². The van der Waals surface area contributed by atoms with E-state index in [9.17, 15) is 4.79 Å². The number of likely N-dealkylation sites (tertiary alicyclic amines) is 1. The molecule has 0 spiro atoms. The highest BCUT2D eigenvalue weighted by atomic mass is 35.5. The zero-order valence-corrected chi connectivity index (χ0v) is 12.9. The second-order valence-electron chi connectivity index (χ2n) is 5.81. The van der Waals surface area contributed by atoms with Crippen LogP contribution in [0.4, 0.5) is 0 Å². The average molecular weight is 295 g/mol. The molecule has 0 aliphatic carbocycles. The predicted molar refractivity (Wildman–Crippen MR) is 82.8 cm³/mol. The maximum absolute atomic E-state index is 12.0. The zero-order chi connectivity index (χ0) is 14.7. The molecular weight excluding hydrogens is 272 g/mol. The van der Waals surface area contributed by atoms with Gasteiger partial charge in [0.15, 0.2) is 0 Å². The second kappa shape index (κ2) is 6.59. The van der Waals surface area contributed by atoms with E-state index in [2.05, 4.69) is 18.9 Å². The molecule has 110 valence electrons. The Kier molecular flexibility index (Phi) is 5.06. The minimum atomic E-state index is -0.203. The number of hydrogen-bond donors (Lipinski definition) is 1. The summed E-state index contributed by atoms with van der Waals surface area (Å²) in [4.78, 5) is 14.3. The Bertz CT molecular complexity index is 460. The van der Waals surface area contributed by atoms with E-state index in [1.54, 1.807) is 0 Å². The van der Waals surface area contributed by atoms with Gasteiger partial charge in [0.05, 0.1) is 5.92 Å². The van der Waals surface area contributed by atoms with Crippen LogP contribution in [-0.2, 0) is 4.79 Å². The number of nitrogens with two attached hydrogens (primary N) is 1. The Labute approximate surface area is 126 Å². The number of hydrogen-bond acceptors (Lipinski definition) is 2. The van der Waals surface area contributed by atoms with Crippen molar-refractivity contribution in [3.8, 4) is 0 Å². The first-order chi connectivity index (χ1) is 9.50. The fourth-order valence-corrected chi connectivity index (χ4v) is 3.42. The van der Waals surface area contributed by atoms with Crippen molar-refractivity contribution in [2.75, 3.05) is 13.6 Å². The fourth-order valence-electron chi connectivity index (χ4n) is 3.30. The largest absolute Gasteiger partial charge is 0.369 e. The number of primary amides is 1. The van der Waals surface area contributed by atoms with Crippen molar-refractivity contribution in [1.82, 2.24) is 4.90 Å². The van der Waals surface area contributed by atoms with Crippen molar-refractivity contribution in [3.05, 3.63) is 34.9 Å². The zero-order valence-electron chi connectivity index (χ0n) is 12.2. The van der Waals surface area contributed by atoms with Gasteiger partial charge in [0.1, 0.15) is 0 Å². The van der Waals surface area contributed by atoms with Crippen molar-refractivity contribution in [2.45, 2.75) is 38.1 Å². The molecule has 1 fully saturated rings. The quantitative estimate of drug-likeness (QED) is 0.928. The molecule has 1 aromatic carbocycles. The third-order valence-corrected chi connectivity index (χ3v) is 4.76. The minimum Gasteiger partial charge on any atom is -0.369 e. The molecule has 3 atom stereocenters. The van der Waals surface area contributed by atoms with Crippen LogP contribution in [-0.4, -0.2) is 30.4 Å². The highest BCUT2D eigenvalue weighted by Gasteiger charge is 2.35. The van der Waals surface area contributed by atoms with Crippen molar-refractivity contribution >= 4 is 17.5 Å². The van der Waals surface area contributed by atoms with Crippen LogP contribution >= 0.6 is 11.6 Å². The van der Waals surface area contributed by atoms with Crippen molar-refractivity contribution in [2.24, 2.45) is 11.7 Å². The first kappa shape index (κ1) is 15.3. The fraction of sp³-hybridized carbons (Fsp3) is 0.562. The SMILES string of the molecule is C[C@H](c1ccc(Cl)cc1)C(C(N)=O)C1CCCCN1C. The Morgan fingerprint density at radius 2 is 2.00 bits per heavy atom. The molecule has 3 nitrogen and oxygen atoms in total. The molecule has 1 heterocycles. The molecular formula is C16H23ClN2O. The van der Waals surface area contributed by atoms with Gasteiger partial charge in [0, 0.05) is 11.1 Å². The van der Waals surface area contributed by atoms with Crippen LogP contribution in [0.5, 0.6) is 0 Å². The van der Waals surface area contributed by atoms with Crippen LogP contribution < -0.4 is 5.73 Å². The number of benzene rings is 1. The van der Waals surface area contributed by atoms with Crippen LogP contribution in [0.25, 0.3) is 0 Å². The molecule has 2 unspecified atom stereocenters. The summed E-state index contributed by atoms with van der Waals surface area (Å²) >= 11 is 5.93. The molecule has 1 aliphatic rings. The summed E-state index contributed by atoms with van der Waals surface area (Å²) in [5.74, 6) is -0.247. The summed E-state index contributed by atoms with van der Waals surface area (Å²) in [5.41, 5.74) is 6.83. The van der Waals surface area contributed by atoms with Crippen LogP contribution in [0.1, 0.15) is 37.7 Å². The monoisotopic (exact) mass is 294 g/mol. The molecule has 0 aromatic heterocycles. The normalized spacial score (nSPS) is 23.2. The van der Waals surface area contributed by atoms with E-state index in [1.165, 1.54) is 12.8 Å². The summed E-state index contributed by atoms with van der Waals surface area (Å²) < 4.78 is 0. The smallest absolute Gasteiger partial charge is 0.222 e. The molecule has 0 saturated carbocycles. The highest BCUT2D eigenvalue weighted by Crippen LogP contribution is 2.33. The average Bonchev–Trinajstić information content (AvgIpc) is 2.41. The number of amides is 1. The van der Waals surface area contributed by atoms with Gasteiger partial charge in [-0.2, -0.15) is 0 Å². The van der Waals surface area contributed by atoms with Gasteiger partial charge in [-0.25, -0.2) is 0 Å². The third kappa shape index (κ3) is 3.33. The van der Waals surface area contributed by atoms with Crippen LogP contribution in [0, 0.1) is 5.92 Å². The van der Waals surface area contributed by atoms with E-state index in [0.717, 1.165) is 18.5 Å². The molecule has 1 saturated heterocycles. The summed E-state index contributed by atoms with van der Waals surface area (Å²) in [7, 11) is 2.09. The molecule has 1 aliphatic heterocycles. The lowest BCUT2D eigenvalue weighted by Gasteiger charge is -2.39. The van der Waals surface area contributed by atoms with Gasteiger partial charge in [0.2, 0.25) is 5.91 Å². The Morgan fingerprint density at radius 3 is 2.55 bits per heavy atom. The lowest BCUT2D eigenvalue weighted by molar-refractivity contribution is -0.125. The van der Waals surface area contributed by atoms with Crippen LogP contribution in [0.15, 0.2) is 24.3 Å². The summed E-state index contributed by atoms with van der Waals surface area (Å²) in [5, 5.41) is 0.714. The number of nitrogens with zero attached hydrogens (tertiary/aromatic N) is 1. The molecule has 0 radical (unpaired) electrons. The van der Waals surface area contributed by atoms with Gasteiger partial charge in [-0.1, -0.05) is 37.1 Å². The van der Waals surface area contributed by atoms with Gasteiger partial charge in [-0.15, -0.1) is 0 Å². The van der Waals surface area contributed by atoms with Crippen molar-refractivity contribution < 1.29 is 4.79 Å². The summed E-state index contributed by atoms with van der Waals surface area (Å²) in [6.07, 6.45) is 3.42. The number of halogens is 1. The van der Waals surface area contributed by atoms with E-state index < -0.39 is 0 Å². The van der Waals surface area contributed by atoms with Crippen LogP contribution in [0.3, 0.4) is 0 Å². The van der Waals surface area contributed by atoms with Crippen molar-refractivity contribution in [1.29, 1.82) is 0 Å². The first-order valence-electron chi connectivity index (χ1n) is 7.25. The van der Waals surface area contributed by atoms with E-state index in [1.807, 2.05) is 24.3 Å². The van der Waals surface area contributed by atoms with Gasteiger partial charge in [-0.3, -0.25) is 4.79 Å². The molecule has 0 bridgehead atoms. The number of rotatable bonds is 4. The topological polar surface area (TPSA) is 46.3 Å². The number of carbonyl (C=O) groups is 1. The van der Waals surface area contributed by atoms with E-state index >= 15 is 0 Å². The maximum Gasteiger partial charge on any atom is 0.222 e. The molecule has 4 heteroatoms. The molecule has 1 aromatic rings. The Hall–Kier alpha value is -1.06. The third-order valence-electron chi connectivity index (χ3n) is 4.50. The van der Waals surface area contributed by atoms with Gasteiger partial charge < -0.3 is 10.6 Å². The van der Waals surface area contributed by atoms with E-state index in [-0.39, 0.29) is 23.8 Å². The molecule has 20 heavy (non-hydrogen) atoms.